The molecular formula is C27H25NO5. The number of carbonyl (C=O) groups excluding carboxylic acids is 2. The van der Waals surface area contributed by atoms with E-state index in [-0.39, 0.29) is 17.1 Å². The summed E-state index contributed by atoms with van der Waals surface area (Å²) in [6, 6.07) is 19.6. The van der Waals surface area contributed by atoms with Crippen LogP contribution < -0.4 is 9.64 Å². The summed E-state index contributed by atoms with van der Waals surface area (Å²) >= 11 is 0. The normalized spacial score (nSPS) is 17.4. The van der Waals surface area contributed by atoms with E-state index in [0.717, 1.165) is 12.0 Å². The molecule has 3 aromatic carbocycles. The van der Waals surface area contributed by atoms with Gasteiger partial charge in [0.1, 0.15) is 17.3 Å². The number of amides is 1. The molecule has 1 saturated heterocycles. The van der Waals surface area contributed by atoms with E-state index in [9.17, 15) is 19.8 Å². The highest BCUT2D eigenvalue weighted by Crippen LogP contribution is 2.42. The number of phenols is 1. The Morgan fingerprint density at radius 3 is 2.12 bits per heavy atom. The van der Waals surface area contributed by atoms with Gasteiger partial charge in [0.05, 0.1) is 18.2 Å². The van der Waals surface area contributed by atoms with Crippen molar-refractivity contribution in [1.82, 2.24) is 0 Å². The summed E-state index contributed by atoms with van der Waals surface area (Å²) in [6.07, 6.45) is 0.845. The van der Waals surface area contributed by atoms with Crippen LogP contribution in [-0.2, 0) is 16.0 Å². The number of nitrogens with zero attached hydrogens (tertiary/aromatic N) is 1. The zero-order valence-corrected chi connectivity index (χ0v) is 18.5. The molecule has 6 nitrogen and oxygen atoms in total. The second-order valence-corrected chi connectivity index (χ2v) is 7.74. The molecule has 6 heteroatoms. The smallest absolute Gasteiger partial charge is 0.300 e. The monoisotopic (exact) mass is 443 g/mol. The SMILES string of the molecule is CCOc1ccc(/C(O)=C2\C(=O)C(=O)N(c3ccc(CC)cc3)C2c2ccc(O)cc2)cc1. The highest BCUT2D eigenvalue weighted by Gasteiger charge is 2.46. The van der Waals surface area contributed by atoms with E-state index in [1.807, 2.05) is 26.0 Å². The van der Waals surface area contributed by atoms with Crippen LogP contribution in [0.1, 0.15) is 36.6 Å². The van der Waals surface area contributed by atoms with Crippen molar-refractivity contribution in [1.29, 1.82) is 0 Å². The van der Waals surface area contributed by atoms with Crippen LogP contribution in [0.4, 0.5) is 5.69 Å². The summed E-state index contributed by atoms with van der Waals surface area (Å²) in [7, 11) is 0. The Kier molecular flexibility index (Phi) is 6.18. The lowest BCUT2D eigenvalue weighted by atomic mass is 9.95. The summed E-state index contributed by atoms with van der Waals surface area (Å²) in [6.45, 7) is 4.42. The fourth-order valence-electron chi connectivity index (χ4n) is 3.99. The third kappa shape index (κ3) is 4.20. The van der Waals surface area contributed by atoms with Gasteiger partial charge in [0.15, 0.2) is 0 Å². The number of carbonyl (C=O) groups is 2. The quantitative estimate of drug-likeness (QED) is 0.319. The number of rotatable bonds is 6. The van der Waals surface area contributed by atoms with Gasteiger partial charge >= 0.3 is 0 Å². The van der Waals surface area contributed by atoms with Crippen LogP contribution in [0.25, 0.3) is 5.76 Å². The molecule has 0 radical (unpaired) electrons. The highest BCUT2D eigenvalue weighted by atomic mass is 16.5. The van der Waals surface area contributed by atoms with Crippen molar-refractivity contribution in [3.8, 4) is 11.5 Å². The highest BCUT2D eigenvalue weighted by molar-refractivity contribution is 6.51. The fraction of sp³-hybridized carbons (Fsp3) is 0.185. The predicted octanol–water partition coefficient (Wildman–Crippen LogP) is 4.98. The minimum absolute atomic E-state index is 0.00517. The second kappa shape index (κ2) is 9.20. The molecular weight excluding hydrogens is 418 g/mol. The molecule has 3 aromatic rings. The number of aliphatic hydroxyl groups excluding tert-OH is 1. The van der Waals surface area contributed by atoms with E-state index < -0.39 is 17.7 Å². The van der Waals surface area contributed by atoms with E-state index in [0.29, 0.717) is 29.2 Å². The van der Waals surface area contributed by atoms with Crippen molar-refractivity contribution in [3.63, 3.8) is 0 Å². The number of hydrogen-bond acceptors (Lipinski definition) is 5. The van der Waals surface area contributed by atoms with Crippen LogP contribution in [0, 0.1) is 0 Å². The number of Topliss-reactive ketones (excluding diaryl/α,β-unsaturated/α-hetero) is 1. The molecule has 2 N–H and O–H groups in total. The van der Waals surface area contributed by atoms with E-state index >= 15 is 0 Å². The molecule has 0 aromatic heterocycles. The summed E-state index contributed by atoms with van der Waals surface area (Å²) in [5.74, 6) is -1.04. The van der Waals surface area contributed by atoms with Gasteiger partial charge in [-0.25, -0.2) is 0 Å². The lowest BCUT2D eigenvalue weighted by Crippen LogP contribution is -2.29. The van der Waals surface area contributed by atoms with Crippen molar-refractivity contribution >= 4 is 23.1 Å². The Bertz CT molecular complexity index is 1190. The molecule has 0 bridgehead atoms. The molecule has 0 saturated carbocycles. The Morgan fingerprint density at radius 2 is 1.55 bits per heavy atom. The topological polar surface area (TPSA) is 87.1 Å². The van der Waals surface area contributed by atoms with Gasteiger partial charge in [-0.05, 0) is 73.0 Å². The van der Waals surface area contributed by atoms with Crippen LogP contribution in [-0.4, -0.2) is 28.5 Å². The number of aromatic hydroxyl groups is 1. The summed E-state index contributed by atoms with van der Waals surface area (Å²) in [5.41, 5.74) is 2.65. The third-order valence-electron chi connectivity index (χ3n) is 5.71. The first-order valence-corrected chi connectivity index (χ1v) is 10.9. The first kappa shape index (κ1) is 22.1. The van der Waals surface area contributed by atoms with Gasteiger partial charge in [0.2, 0.25) is 0 Å². The average molecular weight is 443 g/mol. The lowest BCUT2D eigenvalue weighted by molar-refractivity contribution is -0.132. The summed E-state index contributed by atoms with van der Waals surface area (Å²) in [5, 5.41) is 20.9. The van der Waals surface area contributed by atoms with Crippen molar-refractivity contribution in [3.05, 3.63) is 95.1 Å². The molecule has 0 aliphatic carbocycles. The summed E-state index contributed by atoms with van der Waals surface area (Å²) in [4.78, 5) is 27.7. The maximum atomic E-state index is 13.2. The molecule has 1 unspecified atom stereocenters. The number of ether oxygens (including phenoxy) is 1. The average Bonchev–Trinajstić information content (AvgIpc) is 3.10. The molecule has 1 aliphatic rings. The molecule has 4 rings (SSSR count). The number of benzene rings is 3. The van der Waals surface area contributed by atoms with E-state index in [1.165, 1.54) is 17.0 Å². The van der Waals surface area contributed by atoms with Crippen molar-refractivity contribution < 1.29 is 24.5 Å². The minimum atomic E-state index is -0.843. The first-order chi connectivity index (χ1) is 15.9. The maximum absolute atomic E-state index is 13.2. The van der Waals surface area contributed by atoms with Crippen LogP contribution in [0.15, 0.2) is 78.4 Å². The largest absolute Gasteiger partial charge is 0.508 e. The van der Waals surface area contributed by atoms with Crippen LogP contribution in [0.2, 0.25) is 0 Å². The Labute approximate surface area is 192 Å². The zero-order valence-electron chi connectivity index (χ0n) is 18.5. The standard InChI is InChI=1S/C27H25NO5/c1-3-17-5-11-20(12-6-17)28-24(18-7-13-21(29)14-8-18)23(26(31)27(28)32)25(30)19-9-15-22(16-10-19)33-4-2/h5-16,24,29-30H,3-4H2,1-2H3/b25-23+. The molecule has 0 spiro atoms. The van der Waals surface area contributed by atoms with E-state index in [4.69, 9.17) is 4.74 Å². The Morgan fingerprint density at radius 1 is 0.909 bits per heavy atom. The van der Waals surface area contributed by atoms with Crippen molar-refractivity contribution in [2.75, 3.05) is 11.5 Å². The van der Waals surface area contributed by atoms with Crippen molar-refractivity contribution in [2.45, 2.75) is 26.3 Å². The third-order valence-corrected chi connectivity index (χ3v) is 5.71. The van der Waals surface area contributed by atoms with Gasteiger partial charge in [-0.1, -0.05) is 31.2 Å². The van der Waals surface area contributed by atoms with Gasteiger partial charge in [-0.15, -0.1) is 0 Å². The maximum Gasteiger partial charge on any atom is 0.300 e. The van der Waals surface area contributed by atoms with Gasteiger partial charge in [0, 0.05) is 11.3 Å². The van der Waals surface area contributed by atoms with Crippen LogP contribution in [0.5, 0.6) is 11.5 Å². The van der Waals surface area contributed by atoms with Gasteiger partial charge < -0.3 is 14.9 Å². The van der Waals surface area contributed by atoms with Gasteiger partial charge in [0.25, 0.3) is 11.7 Å². The Hall–Kier alpha value is -4.06. The molecule has 33 heavy (non-hydrogen) atoms. The van der Waals surface area contributed by atoms with Crippen LogP contribution in [0.3, 0.4) is 0 Å². The number of anilines is 1. The summed E-state index contributed by atoms with van der Waals surface area (Å²) < 4.78 is 5.45. The fourth-order valence-corrected chi connectivity index (χ4v) is 3.99. The minimum Gasteiger partial charge on any atom is -0.508 e. The number of hydrogen-bond donors (Lipinski definition) is 2. The molecule has 168 valence electrons. The van der Waals surface area contributed by atoms with Crippen LogP contribution >= 0.6 is 0 Å². The molecule has 1 amide bonds. The van der Waals surface area contributed by atoms with Crippen molar-refractivity contribution in [2.24, 2.45) is 0 Å². The lowest BCUT2D eigenvalue weighted by Gasteiger charge is -2.25. The first-order valence-electron chi connectivity index (χ1n) is 10.9. The second-order valence-electron chi connectivity index (χ2n) is 7.74. The molecule has 1 heterocycles. The van der Waals surface area contributed by atoms with Gasteiger partial charge in [-0.3, -0.25) is 14.5 Å². The number of phenolic OH excluding ortho intramolecular Hbond substituents is 1. The molecule has 1 fully saturated rings. The van der Waals surface area contributed by atoms with E-state index in [2.05, 4.69) is 0 Å². The van der Waals surface area contributed by atoms with E-state index in [1.54, 1.807) is 48.5 Å². The number of ketones is 1. The number of aryl methyl sites for hydroxylation is 1. The zero-order chi connectivity index (χ0) is 23.5. The molecule has 1 aliphatic heterocycles. The number of aliphatic hydroxyl groups is 1. The van der Waals surface area contributed by atoms with Gasteiger partial charge in [-0.2, -0.15) is 0 Å². The Balaban J connectivity index is 1.86. The molecule has 1 atom stereocenters. The predicted molar refractivity (Wildman–Crippen MR) is 126 cm³/mol.